The third-order valence-electron chi connectivity index (χ3n) is 2.43. The lowest BCUT2D eigenvalue weighted by Crippen LogP contribution is -2.31. The third-order valence-corrected chi connectivity index (χ3v) is 2.43. The maximum absolute atomic E-state index is 5.29. The molecule has 5 nitrogen and oxygen atoms in total. The van der Waals surface area contributed by atoms with Crippen LogP contribution in [0.1, 0.15) is 39.2 Å². The molecule has 0 aromatic carbocycles. The zero-order chi connectivity index (χ0) is 12.2. The minimum absolute atomic E-state index is 0.0275. The fourth-order valence-corrected chi connectivity index (χ4v) is 1.65. The van der Waals surface area contributed by atoms with Gasteiger partial charge in [-0.3, -0.25) is 5.43 Å². The van der Waals surface area contributed by atoms with Crippen molar-refractivity contribution in [2.75, 3.05) is 10.7 Å². The van der Waals surface area contributed by atoms with E-state index in [0.717, 1.165) is 24.2 Å². The molecule has 0 bridgehead atoms. The minimum Gasteiger partial charge on any atom is -0.365 e. The molecule has 16 heavy (non-hydrogen) atoms. The van der Waals surface area contributed by atoms with Crippen LogP contribution in [0.2, 0.25) is 0 Å². The molecule has 1 aromatic heterocycles. The van der Waals surface area contributed by atoms with Crippen molar-refractivity contribution in [1.29, 1.82) is 0 Å². The highest BCUT2D eigenvalue weighted by Crippen LogP contribution is 2.21. The summed E-state index contributed by atoms with van der Waals surface area (Å²) in [7, 11) is 0. The van der Waals surface area contributed by atoms with E-state index in [-0.39, 0.29) is 5.54 Å². The number of aryl methyl sites for hydroxylation is 1. The maximum Gasteiger partial charge on any atom is 0.239 e. The molecule has 0 atom stereocenters. The van der Waals surface area contributed by atoms with Gasteiger partial charge < -0.3 is 5.32 Å². The number of anilines is 2. The van der Waals surface area contributed by atoms with E-state index in [1.165, 1.54) is 0 Å². The van der Waals surface area contributed by atoms with E-state index >= 15 is 0 Å². The highest BCUT2D eigenvalue weighted by molar-refractivity contribution is 5.47. The summed E-state index contributed by atoms with van der Waals surface area (Å²) >= 11 is 0. The molecule has 0 spiro atoms. The van der Waals surface area contributed by atoms with E-state index in [1.807, 2.05) is 6.92 Å². The Kier molecular flexibility index (Phi) is 4.06. The largest absolute Gasteiger partial charge is 0.365 e. The first-order valence-corrected chi connectivity index (χ1v) is 5.57. The molecule has 0 unspecified atom stereocenters. The molecular formula is C11H21N5. The summed E-state index contributed by atoms with van der Waals surface area (Å²) in [4.78, 5) is 8.35. The zero-order valence-electron chi connectivity index (χ0n) is 10.5. The molecule has 0 aliphatic carbocycles. The van der Waals surface area contributed by atoms with Gasteiger partial charge in [-0.2, -0.15) is 4.98 Å². The molecular weight excluding hydrogens is 202 g/mol. The van der Waals surface area contributed by atoms with Gasteiger partial charge in [-0.25, -0.2) is 10.8 Å². The second-order valence-corrected chi connectivity index (χ2v) is 4.63. The van der Waals surface area contributed by atoms with Crippen LogP contribution in [0.4, 0.5) is 11.8 Å². The maximum atomic E-state index is 5.29. The van der Waals surface area contributed by atoms with Gasteiger partial charge in [-0.15, -0.1) is 0 Å². The standard InChI is InChI=1S/C11H21N5/c1-5-6-11(3,4)15-9-8(2)7-13-10(14-9)16-12/h7H,5-6,12H2,1-4H3,(H2,13,14,15,16). The SMILES string of the molecule is CCCC(C)(C)Nc1nc(NN)ncc1C. The van der Waals surface area contributed by atoms with Crippen molar-refractivity contribution in [3.05, 3.63) is 11.8 Å². The van der Waals surface area contributed by atoms with E-state index in [0.29, 0.717) is 5.95 Å². The minimum atomic E-state index is 0.0275. The number of aromatic nitrogens is 2. The van der Waals surface area contributed by atoms with Crippen LogP contribution in [0, 0.1) is 6.92 Å². The lowest BCUT2D eigenvalue weighted by atomic mass is 9.99. The Morgan fingerprint density at radius 3 is 2.69 bits per heavy atom. The predicted octanol–water partition coefficient (Wildman–Crippen LogP) is 2.06. The number of nitrogens with two attached hydrogens (primary N) is 1. The van der Waals surface area contributed by atoms with Crippen LogP contribution < -0.4 is 16.6 Å². The van der Waals surface area contributed by atoms with Crippen LogP contribution in [0.25, 0.3) is 0 Å². The summed E-state index contributed by atoms with van der Waals surface area (Å²) in [6.45, 7) is 8.47. The van der Waals surface area contributed by atoms with E-state index in [1.54, 1.807) is 6.20 Å². The monoisotopic (exact) mass is 223 g/mol. The van der Waals surface area contributed by atoms with Gasteiger partial charge in [0.15, 0.2) is 0 Å². The Morgan fingerprint density at radius 2 is 2.12 bits per heavy atom. The number of hydrogen-bond acceptors (Lipinski definition) is 5. The number of hydrogen-bond donors (Lipinski definition) is 3. The Bertz CT molecular complexity index is 348. The average molecular weight is 223 g/mol. The summed E-state index contributed by atoms with van der Waals surface area (Å²) in [6.07, 6.45) is 3.97. The molecule has 0 saturated heterocycles. The Hall–Kier alpha value is -1.36. The Morgan fingerprint density at radius 1 is 1.44 bits per heavy atom. The van der Waals surface area contributed by atoms with E-state index < -0.39 is 0 Å². The van der Waals surface area contributed by atoms with Crippen molar-refractivity contribution in [1.82, 2.24) is 9.97 Å². The summed E-state index contributed by atoms with van der Waals surface area (Å²) in [5, 5.41) is 3.42. The molecule has 0 radical (unpaired) electrons. The molecule has 0 aliphatic heterocycles. The molecule has 4 N–H and O–H groups in total. The quantitative estimate of drug-likeness (QED) is 0.526. The second kappa shape index (κ2) is 5.12. The van der Waals surface area contributed by atoms with Crippen molar-refractivity contribution in [2.24, 2.45) is 5.84 Å². The lowest BCUT2D eigenvalue weighted by molar-refractivity contribution is 0.508. The van der Waals surface area contributed by atoms with E-state index in [2.05, 4.69) is 41.5 Å². The fourth-order valence-electron chi connectivity index (χ4n) is 1.65. The molecule has 0 amide bonds. The highest BCUT2D eigenvalue weighted by atomic mass is 15.3. The summed E-state index contributed by atoms with van der Waals surface area (Å²) in [5.41, 5.74) is 3.49. The molecule has 0 fully saturated rings. The lowest BCUT2D eigenvalue weighted by Gasteiger charge is -2.27. The van der Waals surface area contributed by atoms with Gasteiger partial charge in [0, 0.05) is 17.3 Å². The smallest absolute Gasteiger partial charge is 0.239 e. The van der Waals surface area contributed by atoms with Gasteiger partial charge in [0.2, 0.25) is 5.95 Å². The Labute approximate surface area is 96.8 Å². The van der Waals surface area contributed by atoms with Gasteiger partial charge in [-0.1, -0.05) is 13.3 Å². The molecule has 1 heterocycles. The number of nitrogens with zero attached hydrogens (tertiary/aromatic N) is 2. The van der Waals surface area contributed by atoms with Crippen molar-refractivity contribution in [3.8, 4) is 0 Å². The van der Waals surface area contributed by atoms with Crippen molar-refractivity contribution >= 4 is 11.8 Å². The first kappa shape index (κ1) is 12.7. The molecule has 1 aromatic rings. The number of nitrogen functional groups attached to an aromatic ring is 1. The molecule has 90 valence electrons. The van der Waals surface area contributed by atoms with E-state index in [4.69, 9.17) is 5.84 Å². The van der Waals surface area contributed by atoms with Crippen LogP contribution in [0.15, 0.2) is 6.20 Å². The first-order chi connectivity index (χ1) is 7.48. The van der Waals surface area contributed by atoms with Crippen LogP contribution in [0.3, 0.4) is 0 Å². The predicted molar refractivity (Wildman–Crippen MR) is 67.2 cm³/mol. The van der Waals surface area contributed by atoms with Gasteiger partial charge in [0.05, 0.1) is 0 Å². The number of nitrogens with one attached hydrogen (secondary N) is 2. The van der Waals surface area contributed by atoms with Crippen molar-refractivity contribution < 1.29 is 0 Å². The van der Waals surface area contributed by atoms with Crippen molar-refractivity contribution in [2.45, 2.75) is 46.1 Å². The number of rotatable bonds is 5. The zero-order valence-corrected chi connectivity index (χ0v) is 10.5. The molecule has 5 heteroatoms. The summed E-state index contributed by atoms with van der Waals surface area (Å²) in [6, 6.07) is 0. The van der Waals surface area contributed by atoms with Crippen LogP contribution in [-0.4, -0.2) is 15.5 Å². The molecule has 0 aliphatic rings. The van der Waals surface area contributed by atoms with Crippen LogP contribution >= 0.6 is 0 Å². The van der Waals surface area contributed by atoms with Gasteiger partial charge >= 0.3 is 0 Å². The van der Waals surface area contributed by atoms with Gasteiger partial charge in [0.1, 0.15) is 5.82 Å². The first-order valence-electron chi connectivity index (χ1n) is 5.57. The number of hydrazine groups is 1. The summed E-state index contributed by atoms with van der Waals surface area (Å²) in [5.74, 6) is 6.55. The third kappa shape index (κ3) is 3.34. The second-order valence-electron chi connectivity index (χ2n) is 4.63. The van der Waals surface area contributed by atoms with Crippen LogP contribution in [-0.2, 0) is 0 Å². The van der Waals surface area contributed by atoms with Gasteiger partial charge in [-0.05, 0) is 27.2 Å². The molecule has 0 saturated carbocycles. The molecule has 1 rings (SSSR count). The summed E-state index contributed by atoms with van der Waals surface area (Å²) < 4.78 is 0. The van der Waals surface area contributed by atoms with E-state index in [9.17, 15) is 0 Å². The highest BCUT2D eigenvalue weighted by Gasteiger charge is 2.17. The fraction of sp³-hybridized carbons (Fsp3) is 0.636. The van der Waals surface area contributed by atoms with Gasteiger partial charge in [0.25, 0.3) is 0 Å². The van der Waals surface area contributed by atoms with Crippen LogP contribution in [0.5, 0.6) is 0 Å². The Balaban J connectivity index is 2.87. The topological polar surface area (TPSA) is 75.9 Å². The average Bonchev–Trinajstić information content (AvgIpc) is 2.21. The normalized spacial score (nSPS) is 11.3. The van der Waals surface area contributed by atoms with Crippen molar-refractivity contribution in [3.63, 3.8) is 0 Å².